The van der Waals surface area contributed by atoms with E-state index in [0.717, 1.165) is 31.6 Å². The third-order valence-electron chi connectivity index (χ3n) is 4.26. The van der Waals surface area contributed by atoms with Gasteiger partial charge in [-0.3, -0.25) is 4.99 Å². The van der Waals surface area contributed by atoms with Gasteiger partial charge in [-0.15, -0.1) is 24.0 Å². The molecule has 1 aliphatic heterocycles. The maximum Gasteiger partial charge on any atom is 0.416 e. The molecule has 1 fully saturated rings. The fourth-order valence-electron chi connectivity index (χ4n) is 2.72. The van der Waals surface area contributed by atoms with Gasteiger partial charge in [0.05, 0.1) is 24.8 Å². The number of aliphatic imine (C=N–C) groups is 1. The van der Waals surface area contributed by atoms with E-state index in [0.29, 0.717) is 32.3 Å². The summed E-state index contributed by atoms with van der Waals surface area (Å²) in [4.78, 5) is 4.28. The van der Waals surface area contributed by atoms with E-state index in [1.165, 1.54) is 12.1 Å². The SMILES string of the molecule is CCNC(=NCC(O)COc1cccc(C(F)(F)F)c1)NCCCOC1CCOC1.I. The van der Waals surface area contributed by atoms with Gasteiger partial charge in [-0.2, -0.15) is 13.2 Å². The second-order valence-electron chi connectivity index (χ2n) is 6.85. The third-order valence-corrected chi connectivity index (χ3v) is 4.26. The first-order valence-electron chi connectivity index (χ1n) is 10.1. The van der Waals surface area contributed by atoms with E-state index < -0.39 is 17.8 Å². The van der Waals surface area contributed by atoms with Crippen LogP contribution in [0.25, 0.3) is 0 Å². The van der Waals surface area contributed by atoms with E-state index in [4.69, 9.17) is 14.2 Å². The van der Waals surface area contributed by atoms with E-state index in [1.807, 2.05) is 6.92 Å². The highest BCUT2D eigenvalue weighted by Gasteiger charge is 2.30. The van der Waals surface area contributed by atoms with Gasteiger partial charge in [0, 0.05) is 26.3 Å². The molecule has 0 radical (unpaired) electrons. The first-order valence-corrected chi connectivity index (χ1v) is 10.1. The number of nitrogens with zero attached hydrogens (tertiary/aromatic N) is 1. The number of ether oxygens (including phenoxy) is 3. The molecule has 11 heteroatoms. The standard InChI is InChI=1S/C20H30F3N3O4.HI/c1-2-24-19(25-8-4-9-29-18-7-10-28-14-18)26-12-16(27)13-30-17-6-3-5-15(11-17)20(21,22)23;/h3,5-6,11,16,18,27H,2,4,7-10,12-14H2,1H3,(H2,24,25,26);1H. The molecule has 0 spiro atoms. The molecule has 7 nitrogen and oxygen atoms in total. The summed E-state index contributed by atoms with van der Waals surface area (Å²) >= 11 is 0. The van der Waals surface area contributed by atoms with Gasteiger partial charge in [-0.25, -0.2) is 0 Å². The number of rotatable bonds is 11. The average Bonchev–Trinajstić information content (AvgIpc) is 3.23. The van der Waals surface area contributed by atoms with Crippen molar-refractivity contribution in [2.45, 2.75) is 38.1 Å². The molecule has 3 N–H and O–H groups in total. The minimum absolute atomic E-state index is 0. The lowest BCUT2D eigenvalue weighted by Crippen LogP contribution is -2.39. The van der Waals surface area contributed by atoms with Crippen LogP contribution in [0.2, 0.25) is 0 Å². The van der Waals surface area contributed by atoms with Crippen LogP contribution in [0.5, 0.6) is 5.75 Å². The summed E-state index contributed by atoms with van der Waals surface area (Å²) in [6, 6.07) is 4.55. The highest BCUT2D eigenvalue weighted by Crippen LogP contribution is 2.31. The Morgan fingerprint density at radius 3 is 2.84 bits per heavy atom. The third kappa shape index (κ3) is 11.2. The number of benzene rings is 1. The molecule has 0 amide bonds. The Labute approximate surface area is 197 Å². The lowest BCUT2D eigenvalue weighted by molar-refractivity contribution is -0.137. The van der Waals surface area contributed by atoms with E-state index in [9.17, 15) is 18.3 Å². The van der Waals surface area contributed by atoms with Gasteiger partial charge in [0.2, 0.25) is 0 Å². The van der Waals surface area contributed by atoms with Crippen LogP contribution in [0.4, 0.5) is 13.2 Å². The van der Waals surface area contributed by atoms with Crippen molar-refractivity contribution in [3.63, 3.8) is 0 Å². The molecule has 0 bridgehead atoms. The van der Waals surface area contributed by atoms with Crippen molar-refractivity contribution >= 4 is 29.9 Å². The van der Waals surface area contributed by atoms with Crippen molar-refractivity contribution in [3.05, 3.63) is 29.8 Å². The van der Waals surface area contributed by atoms with E-state index in [-0.39, 0.29) is 49.0 Å². The van der Waals surface area contributed by atoms with Crippen molar-refractivity contribution < 1.29 is 32.5 Å². The van der Waals surface area contributed by atoms with Gasteiger partial charge in [0.15, 0.2) is 5.96 Å². The molecule has 2 atom stereocenters. The van der Waals surface area contributed by atoms with Gasteiger partial charge in [0.1, 0.15) is 18.5 Å². The summed E-state index contributed by atoms with van der Waals surface area (Å²) in [6.45, 7) is 5.12. The minimum atomic E-state index is -4.44. The van der Waals surface area contributed by atoms with Crippen LogP contribution < -0.4 is 15.4 Å². The van der Waals surface area contributed by atoms with Crippen molar-refractivity contribution in [3.8, 4) is 5.75 Å². The smallest absolute Gasteiger partial charge is 0.416 e. The Kier molecular flexibility index (Phi) is 13.1. The Morgan fingerprint density at radius 1 is 1.35 bits per heavy atom. The number of halogens is 4. The van der Waals surface area contributed by atoms with Gasteiger partial charge in [-0.1, -0.05) is 6.07 Å². The van der Waals surface area contributed by atoms with E-state index in [2.05, 4.69) is 15.6 Å². The molecule has 2 unspecified atom stereocenters. The quantitative estimate of drug-likeness (QED) is 0.167. The zero-order valence-corrected chi connectivity index (χ0v) is 19.8. The summed E-state index contributed by atoms with van der Waals surface area (Å²) in [5.74, 6) is 0.588. The molecule has 1 aromatic rings. The lowest BCUT2D eigenvalue weighted by atomic mass is 10.2. The number of alkyl halides is 3. The predicted octanol–water partition coefficient (Wildman–Crippen LogP) is 2.81. The summed E-state index contributed by atoms with van der Waals surface area (Å²) in [5.41, 5.74) is -0.796. The number of aliphatic hydroxyl groups is 1. The summed E-state index contributed by atoms with van der Waals surface area (Å²) < 4.78 is 54.4. The Bertz CT molecular complexity index is 659. The second-order valence-corrected chi connectivity index (χ2v) is 6.85. The van der Waals surface area contributed by atoms with Crippen LogP contribution in [0.15, 0.2) is 29.3 Å². The van der Waals surface area contributed by atoms with Crippen LogP contribution in [0.1, 0.15) is 25.3 Å². The van der Waals surface area contributed by atoms with E-state index in [1.54, 1.807) is 0 Å². The summed E-state index contributed by atoms with van der Waals surface area (Å²) in [5, 5.41) is 16.3. The predicted molar refractivity (Wildman–Crippen MR) is 122 cm³/mol. The highest BCUT2D eigenvalue weighted by molar-refractivity contribution is 14.0. The Balaban J connectivity index is 0.00000480. The normalized spacial score (nSPS) is 17.7. The molecule has 0 aromatic heterocycles. The van der Waals surface area contributed by atoms with Gasteiger partial charge < -0.3 is 30.0 Å². The summed E-state index contributed by atoms with van der Waals surface area (Å²) in [6.07, 6.45) is -3.50. The molecule has 0 aliphatic carbocycles. The number of hydrogen-bond acceptors (Lipinski definition) is 5. The molecule has 178 valence electrons. The lowest BCUT2D eigenvalue weighted by Gasteiger charge is -2.15. The molecule has 1 heterocycles. The van der Waals surface area contributed by atoms with Crippen LogP contribution in [0.3, 0.4) is 0 Å². The number of hydrogen-bond donors (Lipinski definition) is 3. The van der Waals surface area contributed by atoms with Crippen molar-refractivity contribution in [1.29, 1.82) is 0 Å². The Morgan fingerprint density at radius 2 is 2.16 bits per heavy atom. The maximum absolute atomic E-state index is 12.7. The van der Waals surface area contributed by atoms with Crippen molar-refractivity contribution in [2.75, 3.05) is 46.1 Å². The molecular weight excluding hydrogens is 530 g/mol. The fraction of sp³-hybridized carbons (Fsp3) is 0.650. The van der Waals surface area contributed by atoms with E-state index >= 15 is 0 Å². The monoisotopic (exact) mass is 561 g/mol. The minimum Gasteiger partial charge on any atom is -0.491 e. The Hall–Kier alpha value is -1.31. The molecule has 2 rings (SSSR count). The van der Waals surface area contributed by atoms with Gasteiger partial charge >= 0.3 is 6.18 Å². The van der Waals surface area contributed by atoms with Crippen LogP contribution in [-0.2, 0) is 15.7 Å². The first kappa shape index (κ1) is 27.7. The van der Waals surface area contributed by atoms with Crippen LogP contribution in [-0.4, -0.2) is 69.3 Å². The maximum atomic E-state index is 12.7. The van der Waals surface area contributed by atoms with Gasteiger partial charge in [-0.05, 0) is 38.0 Å². The molecule has 1 aliphatic rings. The molecule has 0 saturated carbocycles. The molecule has 31 heavy (non-hydrogen) atoms. The first-order chi connectivity index (χ1) is 14.4. The largest absolute Gasteiger partial charge is 0.491 e. The van der Waals surface area contributed by atoms with Crippen LogP contribution >= 0.6 is 24.0 Å². The zero-order chi connectivity index (χ0) is 21.8. The molecule has 1 aromatic carbocycles. The number of guanidine groups is 1. The number of nitrogens with one attached hydrogen (secondary N) is 2. The summed E-state index contributed by atoms with van der Waals surface area (Å²) in [7, 11) is 0. The highest BCUT2D eigenvalue weighted by atomic mass is 127. The van der Waals surface area contributed by atoms with Crippen molar-refractivity contribution in [2.24, 2.45) is 4.99 Å². The number of aliphatic hydroxyl groups excluding tert-OH is 1. The topological polar surface area (TPSA) is 84.3 Å². The second kappa shape index (κ2) is 14.7. The van der Waals surface area contributed by atoms with Gasteiger partial charge in [0.25, 0.3) is 0 Å². The zero-order valence-electron chi connectivity index (χ0n) is 17.5. The molecule has 1 saturated heterocycles. The fourth-order valence-corrected chi connectivity index (χ4v) is 2.72. The molecular formula is C20H31F3IN3O4. The average molecular weight is 561 g/mol. The van der Waals surface area contributed by atoms with Crippen LogP contribution in [0, 0.1) is 0 Å². The van der Waals surface area contributed by atoms with Crippen molar-refractivity contribution in [1.82, 2.24) is 10.6 Å².